The van der Waals surface area contributed by atoms with Gasteiger partial charge in [-0.1, -0.05) is 0 Å². The van der Waals surface area contributed by atoms with E-state index < -0.39 is 0 Å². The molecule has 122 valence electrons. The van der Waals surface area contributed by atoms with Gasteiger partial charge in [-0.3, -0.25) is 4.68 Å². The summed E-state index contributed by atoms with van der Waals surface area (Å²) in [5.41, 5.74) is 11.4. The zero-order valence-electron chi connectivity index (χ0n) is 13.8. The molecule has 0 amide bonds. The number of nitrogens with two attached hydrogens (primary N) is 1. The first-order chi connectivity index (χ1) is 11.1. The van der Waals surface area contributed by atoms with Crippen molar-refractivity contribution < 1.29 is 9.47 Å². The molecular weight excluding hydrogens is 292 g/mol. The third-order valence-corrected chi connectivity index (χ3v) is 5.03. The van der Waals surface area contributed by atoms with Gasteiger partial charge in [-0.15, -0.1) is 0 Å². The third-order valence-electron chi connectivity index (χ3n) is 5.03. The van der Waals surface area contributed by atoms with E-state index in [9.17, 15) is 0 Å². The maximum atomic E-state index is 6.17. The van der Waals surface area contributed by atoms with Gasteiger partial charge < -0.3 is 20.1 Å². The second kappa shape index (κ2) is 5.08. The molecule has 2 aromatic rings. The molecule has 1 fully saturated rings. The topological polar surface area (TPSA) is 65.5 Å². The molecule has 0 atom stereocenters. The first-order valence-electron chi connectivity index (χ1n) is 7.97. The van der Waals surface area contributed by atoms with Gasteiger partial charge in [0, 0.05) is 31.6 Å². The summed E-state index contributed by atoms with van der Waals surface area (Å²) in [5, 5.41) is 4.80. The van der Waals surface area contributed by atoms with Gasteiger partial charge in [0.15, 0.2) is 11.5 Å². The number of piperidine rings is 1. The normalized spacial score (nSPS) is 16.6. The number of rotatable bonds is 3. The molecule has 23 heavy (non-hydrogen) atoms. The summed E-state index contributed by atoms with van der Waals surface area (Å²) < 4.78 is 12.8. The van der Waals surface area contributed by atoms with E-state index in [-0.39, 0.29) is 0 Å². The molecule has 0 radical (unpaired) electrons. The van der Waals surface area contributed by atoms with Gasteiger partial charge in [-0.05, 0) is 25.0 Å². The Labute approximate surface area is 135 Å². The number of nitrogen functional groups attached to an aromatic ring is 1. The van der Waals surface area contributed by atoms with E-state index in [0.717, 1.165) is 24.3 Å². The summed E-state index contributed by atoms with van der Waals surface area (Å²) in [6.07, 6.45) is 2.41. The number of fused-ring (bicyclic) bond motifs is 2. The zero-order valence-corrected chi connectivity index (χ0v) is 13.8. The fourth-order valence-electron chi connectivity index (χ4n) is 3.95. The lowest BCUT2D eigenvalue weighted by molar-refractivity contribution is 0.356. The molecule has 0 spiro atoms. The second-order valence-electron chi connectivity index (χ2n) is 6.27. The number of methoxy groups -OCH3 is 2. The van der Waals surface area contributed by atoms with Crippen LogP contribution in [0.2, 0.25) is 0 Å². The first kappa shape index (κ1) is 14.2. The molecule has 5 rings (SSSR count). The average Bonchev–Trinajstić information content (AvgIpc) is 2.93. The SMILES string of the molecule is COc1cc(-c2c3c(nn2C)C2CCN3CC2)cc(N)c1OC. The van der Waals surface area contributed by atoms with E-state index in [4.69, 9.17) is 20.3 Å². The Kier molecular flexibility index (Phi) is 3.14. The van der Waals surface area contributed by atoms with E-state index in [2.05, 4.69) is 4.90 Å². The molecule has 4 heterocycles. The molecule has 0 aliphatic carbocycles. The van der Waals surface area contributed by atoms with Crippen molar-refractivity contribution in [1.29, 1.82) is 0 Å². The van der Waals surface area contributed by atoms with Crippen molar-refractivity contribution in [3.8, 4) is 22.8 Å². The standard InChI is InChI=1S/C17H22N4O2/c1-20-15(11-8-12(18)17(23-3)13(9-11)22-2)16-14(19-20)10-4-6-21(16)7-5-10/h8-10H,4-7,18H2,1-3H3. The van der Waals surface area contributed by atoms with Gasteiger partial charge in [0.05, 0.1) is 37.0 Å². The molecule has 2 N–H and O–H groups in total. The molecule has 6 heteroatoms. The van der Waals surface area contributed by atoms with Crippen molar-refractivity contribution in [3.05, 3.63) is 17.8 Å². The van der Waals surface area contributed by atoms with Crippen molar-refractivity contribution in [2.24, 2.45) is 7.05 Å². The summed E-state index contributed by atoms with van der Waals surface area (Å²) >= 11 is 0. The lowest BCUT2D eigenvalue weighted by Crippen LogP contribution is -2.38. The van der Waals surface area contributed by atoms with Crippen LogP contribution in [0.15, 0.2) is 12.1 Å². The highest BCUT2D eigenvalue weighted by atomic mass is 16.5. The Morgan fingerprint density at radius 2 is 1.91 bits per heavy atom. The summed E-state index contributed by atoms with van der Waals surface area (Å²) in [6, 6.07) is 3.93. The van der Waals surface area contributed by atoms with E-state index in [1.165, 1.54) is 24.2 Å². The Morgan fingerprint density at radius 1 is 1.17 bits per heavy atom. The molecule has 3 aliphatic rings. The van der Waals surface area contributed by atoms with Crippen molar-refractivity contribution >= 4 is 11.4 Å². The minimum Gasteiger partial charge on any atom is -0.493 e. The van der Waals surface area contributed by atoms with Gasteiger partial charge in [-0.25, -0.2) is 0 Å². The maximum Gasteiger partial charge on any atom is 0.183 e. The average molecular weight is 314 g/mol. The van der Waals surface area contributed by atoms with Gasteiger partial charge in [0.2, 0.25) is 0 Å². The number of ether oxygens (including phenoxy) is 2. The highest BCUT2D eigenvalue weighted by Crippen LogP contribution is 2.48. The molecule has 2 bridgehead atoms. The molecule has 0 unspecified atom stereocenters. The number of hydrogen-bond donors (Lipinski definition) is 1. The molecule has 3 aliphatic heterocycles. The summed E-state index contributed by atoms with van der Waals surface area (Å²) in [6.45, 7) is 2.22. The zero-order chi connectivity index (χ0) is 16.1. The van der Waals surface area contributed by atoms with Gasteiger partial charge in [-0.2, -0.15) is 5.10 Å². The number of benzene rings is 1. The summed E-state index contributed by atoms with van der Waals surface area (Å²) in [5.74, 6) is 1.81. The summed E-state index contributed by atoms with van der Waals surface area (Å²) in [4.78, 5) is 2.45. The van der Waals surface area contributed by atoms with Crippen LogP contribution in [0.25, 0.3) is 11.3 Å². The molecule has 1 aromatic heterocycles. The molecule has 0 saturated carbocycles. The van der Waals surface area contributed by atoms with Crippen LogP contribution in [0.1, 0.15) is 24.5 Å². The fraction of sp³-hybridized carbons (Fsp3) is 0.471. The summed E-state index contributed by atoms with van der Waals surface area (Å²) in [7, 11) is 5.23. The smallest absolute Gasteiger partial charge is 0.183 e. The fourth-order valence-corrected chi connectivity index (χ4v) is 3.95. The second-order valence-corrected chi connectivity index (χ2v) is 6.27. The Balaban J connectivity index is 1.91. The van der Waals surface area contributed by atoms with E-state index in [0.29, 0.717) is 23.1 Å². The van der Waals surface area contributed by atoms with Crippen molar-refractivity contribution in [2.75, 3.05) is 37.9 Å². The van der Waals surface area contributed by atoms with Gasteiger partial charge >= 0.3 is 0 Å². The van der Waals surface area contributed by atoms with Crippen LogP contribution >= 0.6 is 0 Å². The largest absolute Gasteiger partial charge is 0.493 e. The maximum absolute atomic E-state index is 6.17. The number of anilines is 2. The third kappa shape index (κ3) is 1.97. The van der Waals surface area contributed by atoms with Crippen LogP contribution < -0.4 is 20.1 Å². The van der Waals surface area contributed by atoms with Crippen LogP contribution in [0.5, 0.6) is 11.5 Å². The molecule has 6 nitrogen and oxygen atoms in total. The van der Waals surface area contributed by atoms with E-state index in [1.54, 1.807) is 14.2 Å². The monoisotopic (exact) mass is 314 g/mol. The number of aromatic nitrogens is 2. The quantitative estimate of drug-likeness (QED) is 0.881. The predicted molar refractivity (Wildman–Crippen MR) is 90.3 cm³/mol. The Bertz CT molecular complexity index is 760. The highest BCUT2D eigenvalue weighted by Gasteiger charge is 2.36. The number of nitrogens with zero attached hydrogens (tertiary/aromatic N) is 3. The van der Waals surface area contributed by atoms with Crippen molar-refractivity contribution in [2.45, 2.75) is 18.8 Å². The molecular formula is C17H22N4O2. The first-order valence-corrected chi connectivity index (χ1v) is 7.97. The Hall–Kier alpha value is -2.37. The van der Waals surface area contributed by atoms with Crippen molar-refractivity contribution in [1.82, 2.24) is 9.78 Å². The van der Waals surface area contributed by atoms with Crippen LogP contribution in [0.3, 0.4) is 0 Å². The Morgan fingerprint density at radius 3 is 2.57 bits per heavy atom. The van der Waals surface area contributed by atoms with Crippen LogP contribution in [0, 0.1) is 0 Å². The minimum atomic E-state index is 0.577. The van der Waals surface area contributed by atoms with Gasteiger partial charge in [0.1, 0.15) is 0 Å². The van der Waals surface area contributed by atoms with Crippen LogP contribution in [-0.4, -0.2) is 37.1 Å². The molecule has 1 aromatic carbocycles. The minimum absolute atomic E-state index is 0.577. The van der Waals surface area contributed by atoms with E-state index >= 15 is 0 Å². The van der Waals surface area contributed by atoms with Crippen LogP contribution in [0.4, 0.5) is 11.4 Å². The van der Waals surface area contributed by atoms with Crippen LogP contribution in [-0.2, 0) is 7.05 Å². The van der Waals surface area contributed by atoms with Gasteiger partial charge in [0.25, 0.3) is 0 Å². The molecule has 1 saturated heterocycles. The lowest BCUT2D eigenvalue weighted by Gasteiger charge is -2.39. The highest BCUT2D eigenvalue weighted by molar-refractivity contribution is 5.83. The van der Waals surface area contributed by atoms with Crippen molar-refractivity contribution in [3.63, 3.8) is 0 Å². The number of aryl methyl sites for hydroxylation is 1. The number of hydrogen-bond acceptors (Lipinski definition) is 5. The predicted octanol–water partition coefficient (Wildman–Crippen LogP) is 2.38. The van der Waals surface area contributed by atoms with E-state index in [1.807, 2.05) is 23.9 Å². The lowest BCUT2D eigenvalue weighted by atomic mass is 9.86.